The lowest BCUT2D eigenvalue weighted by molar-refractivity contribution is -0.0498. The van der Waals surface area contributed by atoms with E-state index < -0.39 is 12.4 Å². The van der Waals surface area contributed by atoms with Crippen LogP contribution in [0.3, 0.4) is 0 Å². The third-order valence-electron chi connectivity index (χ3n) is 1.04. The first kappa shape index (κ1) is 7.91. The predicted molar refractivity (Wildman–Crippen MR) is 33.0 cm³/mol. The van der Waals surface area contributed by atoms with Crippen LogP contribution < -0.4 is 4.74 Å². The molecule has 60 valence electrons. The molecule has 0 spiro atoms. The molecule has 0 atom stereocenters. The molecule has 0 fully saturated rings. The smallest absolute Gasteiger partial charge is 0.387 e. The summed E-state index contributed by atoms with van der Waals surface area (Å²) < 4.78 is 39.2. The second-order valence-electron chi connectivity index (χ2n) is 1.83. The molecule has 0 heterocycles. The summed E-state index contributed by atoms with van der Waals surface area (Å²) in [5, 5.41) is 0. The molecule has 0 aliphatic rings. The zero-order chi connectivity index (χ0) is 8.27. The Bertz CT molecular complexity index is 220. The van der Waals surface area contributed by atoms with E-state index in [4.69, 9.17) is 0 Å². The van der Waals surface area contributed by atoms with E-state index in [2.05, 4.69) is 4.74 Å². The molecule has 0 unspecified atom stereocenters. The molecule has 1 rings (SSSR count). The van der Waals surface area contributed by atoms with Gasteiger partial charge in [-0.3, -0.25) is 0 Å². The van der Waals surface area contributed by atoms with Gasteiger partial charge in [0.1, 0.15) is 11.6 Å². The number of halogens is 3. The number of benzene rings is 1. The van der Waals surface area contributed by atoms with Crippen molar-refractivity contribution < 1.29 is 17.9 Å². The van der Waals surface area contributed by atoms with E-state index in [1.54, 1.807) is 0 Å². The van der Waals surface area contributed by atoms with Crippen LogP contribution in [0.4, 0.5) is 13.2 Å². The molecular weight excluding hydrogens is 157 g/mol. The maximum Gasteiger partial charge on any atom is 0.387 e. The molecule has 4 heteroatoms. The molecule has 0 saturated carbocycles. The topological polar surface area (TPSA) is 9.23 Å². The van der Waals surface area contributed by atoms with Gasteiger partial charge in [-0.25, -0.2) is 4.39 Å². The summed E-state index contributed by atoms with van der Waals surface area (Å²) in [6, 6.07) is 4.39. The first-order valence-electron chi connectivity index (χ1n) is 2.89. The fraction of sp³-hybridized carbons (Fsp3) is 0.143. The molecule has 11 heavy (non-hydrogen) atoms. The summed E-state index contributed by atoms with van der Waals surface area (Å²) in [5.41, 5.74) is 0. The van der Waals surface area contributed by atoms with Crippen LogP contribution in [0.15, 0.2) is 24.3 Å². The van der Waals surface area contributed by atoms with Crippen LogP contribution in [0.5, 0.6) is 5.75 Å². The Balaban J connectivity index is 2.66. The summed E-state index contributed by atoms with van der Waals surface area (Å²) in [5.74, 6) is -0.520. The summed E-state index contributed by atoms with van der Waals surface area (Å²) >= 11 is 0. The van der Waals surface area contributed by atoms with Crippen molar-refractivity contribution in [1.29, 1.82) is 0 Å². The van der Waals surface area contributed by atoms with E-state index in [1.165, 1.54) is 0 Å². The molecule has 0 saturated heterocycles. The van der Waals surface area contributed by atoms with Crippen molar-refractivity contribution in [2.75, 3.05) is 0 Å². The van der Waals surface area contributed by atoms with Crippen LogP contribution in [-0.4, -0.2) is 6.61 Å². The molecular formula is C7H5F3O. The highest BCUT2D eigenvalue weighted by Crippen LogP contribution is 2.13. The lowest BCUT2D eigenvalue weighted by Gasteiger charge is -2.02. The van der Waals surface area contributed by atoms with E-state index in [-0.39, 0.29) is 5.75 Å². The second kappa shape index (κ2) is 3.27. The summed E-state index contributed by atoms with van der Waals surface area (Å²) in [4.78, 5) is 0. The minimum Gasteiger partial charge on any atom is -0.435 e. The lowest BCUT2D eigenvalue weighted by atomic mass is 10.3. The number of ether oxygens (including phenoxy) is 1. The third kappa shape index (κ3) is 2.49. The Labute approximate surface area is 61.4 Å². The van der Waals surface area contributed by atoms with E-state index in [9.17, 15) is 13.2 Å². The zero-order valence-corrected chi connectivity index (χ0v) is 5.43. The summed E-state index contributed by atoms with van der Waals surface area (Å²) in [6.45, 7) is -2.86. The molecule has 1 nitrogen and oxygen atoms in total. The van der Waals surface area contributed by atoms with Gasteiger partial charge in [-0.2, -0.15) is 8.78 Å². The minimum absolute atomic E-state index is 0.0404. The second-order valence-corrected chi connectivity index (χ2v) is 1.83. The van der Waals surface area contributed by atoms with Gasteiger partial charge in [0.2, 0.25) is 0 Å². The normalized spacial score (nSPS) is 10.2. The highest BCUT2D eigenvalue weighted by atomic mass is 19.3. The molecule has 0 aliphatic carbocycles. The van der Waals surface area contributed by atoms with Crippen molar-refractivity contribution in [1.82, 2.24) is 0 Å². The quantitative estimate of drug-likeness (QED) is 0.648. The van der Waals surface area contributed by atoms with Crippen LogP contribution in [0.2, 0.25) is 0 Å². The maximum atomic E-state index is 12.2. The average molecular weight is 162 g/mol. The van der Waals surface area contributed by atoms with Crippen molar-refractivity contribution >= 4 is 0 Å². The molecule has 0 aliphatic heterocycles. The maximum absolute atomic E-state index is 12.2. The first-order valence-corrected chi connectivity index (χ1v) is 2.89. The zero-order valence-electron chi connectivity index (χ0n) is 5.43. The van der Waals surface area contributed by atoms with E-state index in [1.807, 2.05) is 0 Å². The van der Waals surface area contributed by atoms with Crippen molar-refractivity contribution in [2.24, 2.45) is 0 Å². The van der Waals surface area contributed by atoms with Crippen molar-refractivity contribution in [3.05, 3.63) is 30.1 Å². The van der Waals surface area contributed by atoms with Gasteiger partial charge in [0, 0.05) is 0 Å². The van der Waals surface area contributed by atoms with Crippen LogP contribution in [0, 0.1) is 5.82 Å². The molecule has 0 amide bonds. The van der Waals surface area contributed by atoms with Crippen LogP contribution in [0.25, 0.3) is 0 Å². The van der Waals surface area contributed by atoms with Gasteiger partial charge in [-0.15, -0.1) is 0 Å². The molecule has 1 aromatic carbocycles. The average Bonchev–Trinajstić information content (AvgIpc) is 1.93. The predicted octanol–water partition coefficient (Wildman–Crippen LogP) is 2.43. The van der Waals surface area contributed by atoms with E-state index in [0.717, 1.165) is 24.3 Å². The van der Waals surface area contributed by atoms with Crippen molar-refractivity contribution in [3.63, 3.8) is 0 Å². The van der Waals surface area contributed by atoms with Gasteiger partial charge >= 0.3 is 6.61 Å². The van der Waals surface area contributed by atoms with E-state index >= 15 is 0 Å². The first-order chi connectivity index (χ1) is 5.18. The number of rotatable bonds is 2. The number of alkyl halides is 2. The van der Waals surface area contributed by atoms with Crippen LogP contribution in [0.1, 0.15) is 0 Å². The fourth-order valence-corrected chi connectivity index (χ4v) is 0.616. The van der Waals surface area contributed by atoms with Crippen molar-refractivity contribution in [2.45, 2.75) is 6.61 Å². The SMILES string of the molecule is Fc1ccc(OC(F)F)cc1. The summed E-state index contributed by atoms with van der Waals surface area (Å²) in [7, 11) is 0. The van der Waals surface area contributed by atoms with Crippen LogP contribution >= 0.6 is 0 Å². The molecule has 0 N–H and O–H groups in total. The van der Waals surface area contributed by atoms with Gasteiger partial charge in [0.25, 0.3) is 0 Å². The van der Waals surface area contributed by atoms with Gasteiger partial charge < -0.3 is 4.74 Å². The highest BCUT2D eigenvalue weighted by molar-refractivity contribution is 5.21. The third-order valence-corrected chi connectivity index (χ3v) is 1.04. The summed E-state index contributed by atoms with van der Waals surface area (Å²) in [6.07, 6.45) is 0. The Morgan fingerprint density at radius 2 is 1.64 bits per heavy atom. The molecule has 0 bridgehead atoms. The monoisotopic (exact) mass is 162 g/mol. The Hall–Kier alpha value is -1.19. The number of hydrogen-bond donors (Lipinski definition) is 0. The van der Waals surface area contributed by atoms with Crippen molar-refractivity contribution in [3.8, 4) is 5.75 Å². The van der Waals surface area contributed by atoms with Gasteiger partial charge in [0.05, 0.1) is 0 Å². The molecule has 0 radical (unpaired) electrons. The van der Waals surface area contributed by atoms with Gasteiger partial charge in [0.15, 0.2) is 0 Å². The molecule has 0 aromatic heterocycles. The lowest BCUT2D eigenvalue weighted by Crippen LogP contribution is -2.01. The fourth-order valence-electron chi connectivity index (χ4n) is 0.616. The Kier molecular flexibility index (Phi) is 2.36. The van der Waals surface area contributed by atoms with Gasteiger partial charge in [-0.05, 0) is 24.3 Å². The standard InChI is InChI=1S/C7H5F3O/c8-5-1-3-6(4-2-5)11-7(9)10/h1-4,7H. The largest absolute Gasteiger partial charge is 0.435 e. The molecule has 1 aromatic rings. The Morgan fingerprint density at radius 3 is 2.09 bits per heavy atom. The van der Waals surface area contributed by atoms with Gasteiger partial charge in [-0.1, -0.05) is 0 Å². The Morgan fingerprint density at radius 1 is 1.09 bits per heavy atom. The van der Waals surface area contributed by atoms with E-state index in [0.29, 0.717) is 0 Å². The highest BCUT2D eigenvalue weighted by Gasteiger charge is 2.02. The number of hydrogen-bond acceptors (Lipinski definition) is 1. The van der Waals surface area contributed by atoms with Crippen LogP contribution in [-0.2, 0) is 0 Å². The minimum atomic E-state index is -2.86.